The maximum atomic E-state index is 6.60. The molecule has 0 amide bonds. The first kappa shape index (κ1) is 13.0. The lowest BCUT2D eigenvalue weighted by Crippen LogP contribution is -2.39. The molecule has 0 bridgehead atoms. The van der Waals surface area contributed by atoms with Gasteiger partial charge in [0.15, 0.2) is 0 Å². The number of fused-ring (bicyclic) bond motifs is 1. The topological polar surface area (TPSA) is 35.2 Å². The van der Waals surface area contributed by atoms with Gasteiger partial charge in [-0.15, -0.1) is 0 Å². The summed E-state index contributed by atoms with van der Waals surface area (Å²) in [5.41, 5.74) is 9.49. The van der Waals surface area contributed by atoms with Crippen LogP contribution in [0.1, 0.15) is 56.1 Å². The number of nitrogens with two attached hydrogens (primary N) is 1. The summed E-state index contributed by atoms with van der Waals surface area (Å²) in [6.45, 7) is 0.847. The average Bonchev–Trinajstić information content (AvgIpc) is 2.78. The van der Waals surface area contributed by atoms with E-state index in [4.69, 9.17) is 10.5 Å². The van der Waals surface area contributed by atoms with Crippen molar-refractivity contribution in [2.24, 2.45) is 5.73 Å². The second-order valence-electron chi connectivity index (χ2n) is 6.32. The molecule has 1 aromatic carbocycles. The van der Waals surface area contributed by atoms with Crippen LogP contribution in [0.2, 0.25) is 0 Å². The molecular weight excluding hydrogens is 234 g/mol. The quantitative estimate of drug-likeness (QED) is 0.842. The fraction of sp³-hybridized carbons (Fsp3) is 0.647. The van der Waals surface area contributed by atoms with Crippen molar-refractivity contribution in [1.82, 2.24) is 0 Å². The molecular formula is C17H25NO. The smallest absolute Gasteiger partial charge is 0.122 e. The Morgan fingerprint density at radius 2 is 1.89 bits per heavy atom. The van der Waals surface area contributed by atoms with E-state index in [0.717, 1.165) is 31.6 Å². The zero-order valence-electron chi connectivity index (χ0n) is 11.8. The third-order valence-electron chi connectivity index (χ3n) is 4.76. The van der Waals surface area contributed by atoms with E-state index < -0.39 is 0 Å². The van der Waals surface area contributed by atoms with Crippen LogP contribution in [-0.4, -0.2) is 12.1 Å². The lowest BCUT2D eigenvalue weighted by molar-refractivity contribution is 0.346. The Morgan fingerprint density at radius 3 is 2.68 bits per heavy atom. The molecule has 1 aromatic rings. The second-order valence-corrected chi connectivity index (χ2v) is 6.32. The van der Waals surface area contributed by atoms with Crippen LogP contribution in [0.5, 0.6) is 5.75 Å². The summed E-state index contributed by atoms with van der Waals surface area (Å²) >= 11 is 0. The summed E-state index contributed by atoms with van der Waals surface area (Å²) in [5, 5.41) is 0. The summed E-state index contributed by atoms with van der Waals surface area (Å²) in [4.78, 5) is 0. The summed E-state index contributed by atoms with van der Waals surface area (Å²) < 4.78 is 5.56. The maximum Gasteiger partial charge on any atom is 0.122 e. The van der Waals surface area contributed by atoms with Crippen LogP contribution in [-0.2, 0) is 12.8 Å². The van der Waals surface area contributed by atoms with Crippen LogP contribution in [0.4, 0.5) is 0 Å². The number of hydrogen-bond donors (Lipinski definition) is 1. The molecule has 0 radical (unpaired) electrons. The zero-order valence-corrected chi connectivity index (χ0v) is 11.8. The average molecular weight is 259 g/mol. The van der Waals surface area contributed by atoms with E-state index in [0.29, 0.717) is 0 Å². The van der Waals surface area contributed by atoms with E-state index in [1.807, 2.05) is 0 Å². The Balaban J connectivity index is 1.62. The normalized spacial score (nSPS) is 21.5. The lowest BCUT2D eigenvalue weighted by Gasteiger charge is -2.28. The molecule has 19 heavy (non-hydrogen) atoms. The van der Waals surface area contributed by atoms with Crippen LogP contribution < -0.4 is 10.5 Å². The summed E-state index contributed by atoms with van der Waals surface area (Å²) in [6, 6.07) is 6.67. The maximum absolute atomic E-state index is 6.60. The van der Waals surface area contributed by atoms with Gasteiger partial charge in [0.1, 0.15) is 5.75 Å². The molecule has 104 valence electrons. The number of aryl methyl sites for hydroxylation is 1. The Labute approximate surface area is 116 Å². The van der Waals surface area contributed by atoms with Crippen molar-refractivity contribution >= 4 is 0 Å². The molecule has 2 aliphatic rings. The predicted molar refractivity (Wildman–Crippen MR) is 78.6 cm³/mol. The van der Waals surface area contributed by atoms with Gasteiger partial charge in [-0.05, 0) is 42.9 Å². The van der Waals surface area contributed by atoms with Crippen LogP contribution >= 0.6 is 0 Å². The Morgan fingerprint density at radius 1 is 1.11 bits per heavy atom. The molecule has 1 aliphatic heterocycles. The van der Waals surface area contributed by atoms with Crippen molar-refractivity contribution < 1.29 is 4.74 Å². The standard InChI is InChI=1S/C17H25NO/c18-17(9-3-1-2-4-10-17)11-7-14-5-6-16-15(13-14)8-12-19-16/h5-6,13H,1-4,7-12,18H2. The predicted octanol–water partition coefficient (Wildman–Crippen LogP) is 3.61. The van der Waals surface area contributed by atoms with Crippen molar-refractivity contribution in [2.45, 2.75) is 63.3 Å². The van der Waals surface area contributed by atoms with Crippen molar-refractivity contribution in [1.29, 1.82) is 0 Å². The Kier molecular flexibility index (Phi) is 3.79. The Hall–Kier alpha value is -1.02. The van der Waals surface area contributed by atoms with Gasteiger partial charge >= 0.3 is 0 Å². The van der Waals surface area contributed by atoms with Gasteiger partial charge in [-0.25, -0.2) is 0 Å². The highest BCUT2D eigenvalue weighted by molar-refractivity contribution is 5.39. The minimum absolute atomic E-state index is 0.0893. The molecule has 0 spiro atoms. The summed E-state index contributed by atoms with van der Waals surface area (Å²) in [7, 11) is 0. The molecule has 1 aliphatic carbocycles. The van der Waals surface area contributed by atoms with Gasteiger partial charge in [-0.3, -0.25) is 0 Å². The first-order valence-corrected chi connectivity index (χ1v) is 7.79. The summed E-state index contributed by atoms with van der Waals surface area (Å²) in [5.74, 6) is 1.08. The van der Waals surface area contributed by atoms with E-state index in [9.17, 15) is 0 Å². The minimum atomic E-state index is 0.0893. The van der Waals surface area contributed by atoms with E-state index in [1.165, 1.54) is 49.7 Å². The second kappa shape index (κ2) is 5.54. The fourth-order valence-electron chi connectivity index (χ4n) is 3.47. The largest absolute Gasteiger partial charge is 0.493 e. The highest BCUT2D eigenvalue weighted by atomic mass is 16.5. The molecule has 0 aromatic heterocycles. The molecule has 3 rings (SSSR count). The Bertz CT molecular complexity index is 433. The first-order valence-electron chi connectivity index (χ1n) is 7.79. The zero-order chi connectivity index (χ0) is 13.1. The van der Waals surface area contributed by atoms with E-state index in [1.54, 1.807) is 0 Å². The molecule has 1 saturated carbocycles. The fourth-order valence-corrected chi connectivity index (χ4v) is 3.47. The van der Waals surface area contributed by atoms with Crippen molar-refractivity contribution in [3.05, 3.63) is 29.3 Å². The molecule has 1 fully saturated rings. The number of benzene rings is 1. The van der Waals surface area contributed by atoms with Crippen molar-refractivity contribution in [2.75, 3.05) is 6.61 Å². The van der Waals surface area contributed by atoms with E-state index in [-0.39, 0.29) is 5.54 Å². The minimum Gasteiger partial charge on any atom is -0.493 e. The third kappa shape index (κ3) is 3.11. The lowest BCUT2D eigenvalue weighted by atomic mass is 9.85. The van der Waals surface area contributed by atoms with Gasteiger partial charge in [-0.1, -0.05) is 37.8 Å². The third-order valence-corrected chi connectivity index (χ3v) is 4.76. The molecule has 0 saturated heterocycles. The van der Waals surface area contributed by atoms with Gasteiger partial charge in [0.2, 0.25) is 0 Å². The summed E-state index contributed by atoms with van der Waals surface area (Å²) in [6.07, 6.45) is 11.1. The van der Waals surface area contributed by atoms with Crippen molar-refractivity contribution in [3.63, 3.8) is 0 Å². The number of ether oxygens (including phenoxy) is 1. The van der Waals surface area contributed by atoms with Crippen LogP contribution in [0.25, 0.3) is 0 Å². The van der Waals surface area contributed by atoms with Gasteiger partial charge in [0, 0.05) is 12.0 Å². The number of rotatable bonds is 3. The van der Waals surface area contributed by atoms with E-state index in [2.05, 4.69) is 18.2 Å². The molecule has 2 nitrogen and oxygen atoms in total. The van der Waals surface area contributed by atoms with Gasteiger partial charge in [0.25, 0.3) is 0 Å². The SMILES string of the molecule is NC1(CCc2ccc3c(c2)CCO3)CCCCCC1. The van der Waals surface area contributed by atoms with E-state index >= 15 is 0 Å². The molecule has 0 atom stereocenters. The highest BCUT2D eigenvalue weighted by Gasteiger charge is 2.25. The van der Waals surface area contributed by atoms with Crippen molar-refractivity contribution in [3.8, 4) is 5.75 Å². The molecule has 2 heteroatoms. The van der Waals surface area contributed by atoms with Gasteiger partial charge in [-0.2, -0.15) is 0 Å². The molecule has 2 N–H and O–H groups in total. The number of hydrogen-bond acceptors (Lipinski definition) is 2. The first-order chi connectivity index (χ1) is 9.25. The van der Waals surface area contributed by atoms with Gasteiger partial charge < -0.3 is 10.5 Å². The van der Waals surface area contributed by atoms with Crippen LogP contribution in [0.3, 0.4) is 0 Å². The monoisotopic (exact) mass is 259 g/mol. The molecule has 0 unspecified atom stereocenters. The van der Waals surface area contributed by atoms with Gasteiger partial charge in [0.05, 0.1) is 6.61 Å². The highest BCUT2D eigenvalue weighted by Crippen LogP contribution is 2.30. The van der Waals surface area contributed by atoms with Crippen LogP contribution in [0, 0.1) is 0 Å². The van der Waals surface area contributed by atoms with Crippen LogP contribution in [0.15, 0.2) is 18.2 Å². The molecule has 1 heterocycles.